The lowest BCUT2D eigenvalue weighted by Gasteiger charge is -2.29. The smallest absolute Gasteiger partial charge is 0.290 e. The van der Waals surface area contributed by atoms with Gasteiger partial charge in [-0.05, 0) is 37.0 Å². The van der Waals surface area contributed by atoms with E-state index in [0.717, 1.165) is 23.9 Å². The first kappa shape index (κ1) is 16.3. The van der Waals surface area contributed by atoms with Gasteiger partial charge in [0.25, 0.3) is 5.56 Å². The van der Waals surface area contributed by atoms with Gasteiger partial charge in [-0.2, -0.15) is 5.10 Å². The third-order valence-electron chi connectivity index (χ3n) is 4.53. The van der Waals surface area contributed by atoms with E-state index in [4.69, 9.17) is 10.2 Å². The van der Waals surface area contributed by atoms with Gasteiger partial charge in [-0.15, -0.1) is 0 Å². The molecule has 24 heavy (non-hydrogen) atoms. The molecule has 0 bridgehead atoms. The first-order valence-electron chi connectivity index (χ1n) is 8.25. The highest BCUT2D eigenvalue weighted by Gasteiger charge is 2.23. The Morgan fingerprint density at radius 1 is 1.46 bits per heavy atom. The zero-order valence-electron chi connectivity index (χ0n) is 13.7. The van der Waals surface area contributed by atoms with Crippen LogP contribution in [0.25, 0.3) is 11.5 Å². The largest absolute Gasteiger partial charge is 0.463 e. The van der Waals surface area contributed by atoms with Crippen LogP contribution in [0.1, 0.15) is 32.6 Å². The summed E-state index contributed by atoms with van der Waals surface area (Å²) in [7, 11) is 0. The minimum Gasteiger partial charge on any atom is -0.463 e. The van der Waals surface area contributed by atoms with E-state index >= 15 is 0 Å². The Balaban J connectivity index is 1.76. The fourth-order valence-corrected chi connectivity index (χ4v) is 3.13. The Bertz CT molecular complexity index is 767. The maximum atomic E-state index is 12.3. The normalized spacial score (nSPS) is 20.7. The summed E-state index contributed by atoms with van der Waals surface area (Å²) in [5, 5.41) is 7.21. The van der Waals surface area contributed by atoms with Crippen molar-refractivity contribution in [3.05, 3.63) is 34.8 Å². The summed E-state index contributed by atoms with van der Waals surface area (Å²) >= 11 is 0. The molecule has 0 saturated heterocycles. The molecule has 2 atom stereocenters. The quantitative estimate of drug-likeness (QED) is 0.889. The monoisotopic (exact) mass is 330 g/mol. The number of hydrogen-bond donors (Lipinski definition) is 2. The van der Waals surface area contributed by atoms with E-state index in [0.29, 0.717) is 17.4 Å². The lowest BCUT2D eigenvalue weighted by atomic mass is 9.86. The zero-order chi connectivity index (χ0) is 17.1. The van der Waals surface area contributed by atoms with Crippen molar-refractivity contribution >= 4 is 11.6 Å². The van der Waals surface area contributed by atoms with Crippen LogP contribution in [0.4, 0.5) is 5.69 Å². The van der Waals surface area contributed by atoms with Crippen LogP contribution in [-0.2, 0) is 11.3 Å². The molecule has 2 aromatic heterocycles. The van der Waals surface area contributed by atoms with Crippen LogP contribution in [0.15, 0.2) is 33.7 Å². The Morgan fingerprint density at radius 3 is 2.96 bits per heavy atom. The Morgan fingerprint density at radius 2 is 2.25 bits per heavy atom. The fraction of sp³-hybridized carbons (Fsp3) is 0.471. The average molecular weight is 330 g/mol. The minimum absolute atomic E-state index is 0.0373. The van der Waals surface area contributed by atoms with Gasteiger partial charge in [0.15, 0.2) is 5.76 Å². The summed E-state index contributed by atoms with van der Waals surface area (Å²) in [6.45, 7) is 1.99. The number of carbonyl (C=O) groups excluding carboxylic acids is 1. The van der Waals surface area contributed by atoms with Gasteiger partial charge in [0.2, 0.25) is 5.91 Å². The molecule has 0 aromatic carbocycles. The summed E-state index contributed by atoms with van der Waals surface area (Å²) in [5.74, 6) is 0.725. The van der Waals surface area contributed by atoms with Crippen molar-refractivity contribution in [1.82, 2.24) is 15.1 Å². The molecule has 2 heterocycles. The van der Waals surface area contributed by atoms with Gasteiger partial charge < -0.3 is 15.5 Å². The first-order valence-corrected chi connectivity index (χ1v) is 8.25. The van der Waals surface area contributed by atoms with Crippen LogP contribution in [0.3, 0.4) is 0 Å². The van der Waals surface area contributed by atoms with Crippen molar-refractivity contribution in [3.63, 3.8) is 0 Å². The molecular weight excluding hydrogens is 308 g/mol. The van der Waals surface area contributed by atoms with Crippen molar-refractivity contribution in [1.29, 1.82) is 0 Å². The molecule has 1 fully saturated rings. The first-order chi connectivity index (χ1) is 11.5. The van der Waals surface area contributed by atoms with Crippen LogP contribution in [0.5, 0.6) is 0 Å². The molecule has 0 aliphatic heterocycles. The maximum Gasteiger partial charge on any atom is 0.290 e. The molecule has 2 aromatic rings. The van der Waals surface area contributed by atoms with E-state index in [1.807, 2.05) is 0 Å². The van der Waals surface area contributed by atoms with Crippen LogP contribution in [0, 0.1) is 5.92 Å². The number of aromatic nitrogens is 2. The molecule has 3 N–H and O–H groups in total. The van der Waals surface area contributed by atoms with Gasteiger partial charge in [-0.25, -0.2) is 4.68 Å². The molecule has 7 nitrogen and oxygen atoms in total. The number of anilines is 1. The van der Waals surface area contributed by atoms with Crippen molar-refractivity contribution in [3.8, 4) is 11.5 Å². The van der Waals surface area contributed by atoms with E-state index in [2.05, 4.69) is 17.3 Å². The van der Waals surface area contributed by atoms with Gasteiger partial charge >= 0.3 is 0 Å². The molecule has 1 aliphatic carbocycles. The summed E-state index contributed by atoms with van der Waals surface area (Å²) < 4.78 is 6.37. The lowest BCUT2D eigenvalue weighted by molar-refractivity contribution is -0.123. The predicted molar refractivity (Wildman–Crippen MR) is 90.2 cm³/mol. The number of nitrogen functional groups attached to an aromatic ring is 1. The molecule has 0 unspecified atom stereocenters. The molecule has 1 aliphatic rings. The van der Waals surface area contributed by atoms with Gasteiger partial charge in [0, 0.05) is 6.04 Å². The molecule has 1 amide bonds. The van der Waals surface area contributed by atoms with E-state index in [-0.39, 0.29) is 24.2 Å². The number of nitrogens with two attached hydrogens (primary N) is 1. The Hall–Kier alpha value is -2.57. The number of hydrogen-bond acceptors (Lipinski definition) is 5. The number of nitrogens with zero attached hydrogens (tertiary/aromatic N) is 2. The highest BCUT2D eigenvalue weighted by molar-refractivity contribution is 5.76. The minimum atomic E-state index is -0.475. The predicted octanol–water partition coefficient (Wildman–Crippen LogP) is 1.78. The van der Waals surface area contributed by atoms with Crippen molar-refractivity contribution < 1.29 is 9.21 Å². The van der Waals surface area contributed by atoms with Crippen molar-refractivity contribution in [2.45, 2.75) is 45.2 Å². The van der Waals surface area contributed by atoms with Crippen molar-refractivity contribution in [2.24, 2.45) is 5.92 Å². The molecule has 0 radical (unpaired) electrons. The van der Waals surface area contributed by atoms with Gasteiger partial charge in [-0.3, -0.25) is 9.59 Å². The Labute approximate surface area is 139 Å². The number of furan rings is 1. The van der Waals surface area contributed by atoms with E-state index in [1.54, 1.807) is 12.1 Å². The van der Waals surface area contributed by atoms with Crippen LogP contribution in [-0.4, -0.2) is 21.7 Å². The Kier molecular flexibility index (Phi) is 4.69. The number of rotatable bonds is 4. The summed E-state index contributed by atoms with van der Waals surface area (Å²) in [5.41, 5.74) is 5.75. The van der Waals surface area contributed by atoms with Gasteiger partial charge in [0.05, 0.1) is 6.26 Å². The third-order valence-corrected chi connectivity index (χ3v) is 4.53. The van der Waals surface area contributed by atoms with Crippen LogP contribution < -0.4 is 16.6 Å². The summed E-state index contributed by atoms with van der Waals surface area (Å²) in [6, 6.07) is 5.06. The zero-order valence-corrected chi connectivity index (χ0v) is 13.7. The molecule has 128 valence electrons. The second kappa shape index (κ2) is 6.90. The fourth-order valence-electron chi connectivity index (χ4n) is 3.13. The number of carbonyl (C=O) groups is 1. The lowest BCUT2D eigenvalue weighted by Crippen LogP contribution is -2.44. The third kappa shape index (κ3) is 3.50. The maximum absolute atomic E-state index is 12.3. The second-order valence-electron chi connectivity index (χ2n) is 6.36. The van der Waals surface area contributed by atoms with E-state index < -0.39 is 5.56 Å². The standard InChI is InChI=1S/C17H22N4O3/c1-11-5-2-3-6-13(11)19-16(22)10-21-17(23)12(18)9-14(20-21)15-7-4-8-24-15/h4,7-9,11,13H,2-3,5-6,10,18H2,1H3,(H,19,22)/t11-,13-/m0/s1. The molecule has 0 spiro atoms. The average Bonchev–Trinajstić information content (AvgIpc) is 3.08. The van der Waals surface area contributed by atoms with E-state index in [1.165, 1.54) is 18.8 Å². The van der Waals surface area contributed by atoms with Crippen LogP contribution >= 0.6 is 0 Å². The van der Waals surface area contributed by atoms with Gasteiger partial charge in [-0.1, -0.05) is 19.8 Å². The summed E-state index contributed by atoms with van der Waals surface area (Å²) in [4.78, 5) is 24.5. The van der Waals surface area contributed by atoms with Gasteiger partial charge in [0.1, 0.15) is 17.9 Å². The molecular formula is C17H22N4O3. The molecule has 1 saturated carbocycles. The number of nitrogens with one attached hydrogen (secondary N) is 1. The van der Waals surface area contributed by atoms with Crippen molar-refractivity contribution in [2.75, 3.05) is 5.73 Å². The highest BCUT2D eigenvalue weighted by atomic mass is 16.3. The number of amides is 1. The molecule has 7 heteroatoms. The second-order valence-corrected chi connectivity index (χ2v) is 6.36. The van der Waals surface area contributed by atoms with Crippen LogP contribution in [0.2, 0.25) is 0 Å². The topological polar surface area (TPSA) is 103 Å². The molecule has 3 rings (SSSR count). The summed E-state index contributed by atoms with van der Waals surface area (Å²) in [6.07, 6.45) is 5.93. The SMILES string of the molecule is C[C@H]1CCCC[C@@H]1NC(=O)Cn1nc(-c2ccco2)cc(N)c1=O. The highest BCUT2D eigenvalue weighted by Crippen LogP contribution is 2.23. The van der Waals surface area contributed by atoms with E-state index in [9.17, 15) is 9.59 Å².